The minimum Gasteiger partial charge on any atom is -0.396 e. The zero-order valence-corrected chi connectivity index (χ0v) is 11.8. The fraction of sp³-hybridized carbons (Fsp3) is 0.588. The van der Waals surface area contributed by atoms with Crippen LogP contribution >= 0.6 is 0 Å². The summed E-state index contributed by atoms with van der Waals surface area (Å²) < 4.78 is 0. The Kier molecular flexibility index (Phi) is 4.34. The van der Waals surface area contributed by atoms with Gasteiger partial charge in [0.15, 0.2) is 0 Å². The second kappa shape index (κ2) is 6.39. The average molecular weight is 270 g/mol. The molecule has 0 amide bonds. The molecule has 2 saturated heterocycles. The van der Waals surface area contributed by atoms with Crippen LogP contribution in [0.25, 0.3) is 0 Å². The lowest BCUT2D eigenvalue weighted by Gasteiger charge is -2.20. The minimum atomic E-state index is 0.260. The first kappa shape index (κ1) is 13.6. The van der Waals surface area contributed by atoms with Gasteiger partial charge in [0, 0.05) is 49.0 Å². The van der Waals surface area contributed by atoms with Gasteiger partial charge >= 0.3 is 0 Å². The fourth-order valence-corrected chi connectivity index (χ4v) is 3.41. The number of nitrogens with zero attached hydrogens (tertiary/aromatic N) is 1. The molecule has 2 aliphatic heterocycles. The van der Waals surface area contributed by atoms with Crippen LogP contribution < -0.4 is 5.32 Å². The zero-order valence-electron chi connectivity index (χ0n) is 11.8. The molecule has 0 unspecified atom stereocenters. The van der Waals surface area contributed by atoms with Crippen molar-refractivity contribution in [1.29, 1.82) is 0 Å². The molecule has 0 aliphatic carbocycles. The number of aliphatic hydroxyl groups excluding tert-OH is 1. The first-order valence-electron chi connectivity index (χ1n) is 7.67. The van der Waals surface area contributed by atoms with Crippen molar-refractivity contribution in [2.45, 2.75) is 56.5 Å². The molecule has 2 aliphatic rings. The third-order valence-electron chi connectivity index (χ3n) is 4.43. The molecule has 3 heteroatoms. The van der Waals surface area contributed by atoms with E-state index in [1.54, 1.807) is 0 Å². The van der Waals surface area contributed by atoms with Crippen molar-refractivity contribution < 1.29 is 5.11 Å². The van der Waals surface area contributed by atoms with Crippen LogP contribution in [0.5, 0.6) is 0 Å². The summed E-state index contributed by atoms with van der Waals surface area (Å²) in [5.41, 5.74) is 2.36. The van der Waals surface area contributed by atoms with Crippen LogP contribution in [0.15, 0.2) is 18.5 Å². The molecule has 2 bridgehead atoms. The van der Waals surface area contributed by atoms with Gasteiger partial charge in [0.05, 0.1) is 0 Å². The molecule has 3 heterocycles. The maximum atomic E-state index is 8.73. The van der Waals surface area contributed by atoms with Crippen LogP contribution in [-0.4, -0.2) is 28.8 Å². The van der Waals surface area contributed by atoms with E-state index in [4.69, 9.17) is 5.11 Å². The van der Waals surface area contributed by atoms with Gasteiger partial charge in [0.25, 0.3) is 0 Å². The van der Waals surface area contributed by atoms with E-state index < -0.39 is 0 Å². The maximum Gasteiger partial charge on any atom is 0.0431 e. The third kappa shape index (κ3) is 3.03. The van der Waals surface area contributed by atoms with Crippen LogP contribution in [0.4, 0.5) is 0 Å². The lowest BCUT2D eigenvalue weighted by molar-refractivity contribution is 0.285. The summed E-state index contributed by atoms with van der Waals surface area (Å²) in [6.07, 6.45) is 10.4. The Morgan fingerprint density at radius 1 is 1.30 bits per heavy atom. The summed E-state index contributed by atoms with van der Waals surface area (Å²) >= 11 is 0. The lowest BCUT2D eigenvalue weighted by atomic mass is 9.84. The maximum absolute atomic E-state index is 8.73. The second-order valence-electron chi connectivity index (χ2n) is 5.88. The van der Waals surface area contributed by atoms with Gasteiger partial charge in [-0.25, -0.2) is 0 Å². The van der Waals surface area contributed by atoms with Crippen LogP contribution in [0.2, 0.25) is 0 Å². The molecule has 20 heavy (non-hydrogen) atoms. The Hall–Kier alpha value is -1.37. The molecule has 1 aromatic heterocycles. The summed E-state index contributed by atoms with van der Waals surface area (Å²) in [6, 6.07) is 3.58. The molecule has 3 atom stereocenters. The molecular weight excluding hydrogens is 248 g/mol. The number of unbranched alkanes of at least 4 members (excludes halogenated alkanes) is 2. The fourth-order valence-electron chi connectivity index (χ4n) is 3.41. The van der Waals surface area contributed by atoms with E-state index in [0.29, 0.717) is 12.0 Å². The highest BCUT2D eigenvalue weighted by atomic mass is 16.2. The topological polar surface area (TPSA) is 45.2 Å². The Labute approximate surface area is 120 Å². The summed E-state index contributed by atoms with van der Waals surface area (Å²) in [5, 5.41) is 12.4. The quantitative estimate of drug-likeness (QED) is 0.651. The minimum absolute atomic E-state index is 0.260. The summed E-state index contributed by atoms with van der Waals surface area (Å²) in [7, 11) is 0. The van der Waals surface area contributed by atoms with E-state index in [0.717, 1.165) is 30.9 Å². The Morgan fingerprint density at radius 2 is 2.25 bits per heavy atom. The number of fused-ring (bicyclic) bond motifs is 2. The number of rotatable bonds is 4. The van der Waals surface area contributed by atoms with Crippen LogP contribution in [-0.2, 0) is 0 Å². The molecule has 1 aromatic rings. The van der Waals surface area contributed by atoms with Gasteiger partial charge in [-0.1, -0.05) is 11.8 Å². The SMILES string of the molecule is OCCCCC#Cc1cncc([C@H]2C[C@@H]3CC[C@H]2N3)c1. The van der Waals surface area contributed by atoms with Gasteiger partial charge < -0.3 is 10.4 Å². The van der Waals surface area contributed by atoms with Crippen molar-refractivity contribution >= 4 is 0 Å². The van der Waals surface area contributed by atoms with Crippen LogP contribution in [0.3, 0.4) is 0 Å². The highest BCUT2D eigenvalue weighted by molar-refractivity contribution is 5.36. The monoisotopic (exact) mass is 270 g/mol. The van der Waals surface area contributed by atoms with E-state index in [1.165, 1.54) is 24.8 Å². The number of pyridine rings is 1. The van der Waals surface area contributed by atoms with Gasteiger partial charge in [0.2, 0.25) is 0 Å². The summed E-state index contributed by atoms with van der Waals surface area (Å²) in [5.74, 6) is 6.99. The Balaban J connectivity index is 1.64. The largest absolute Gasteiger partial charge is 0.396 e. The lowest BCUT2D eigenvalue weighted by Crippen LogP contribution is -2.21. The standard InChI is InChI=1S/C17H22N2O/c20-8-4-2-1-3-5-13-9-14(12-18-11-13)16-10-15-6-7-17(16)19-15/h9,11-12,15-17,19-20H,1-2,4,6-8,10H2/t15-,16+,17+/m0/s1. The molecule has 0 aromatic carbocycles. The Bertz CT molecular complexity index is 517. The molecule has 106 valence electrons. The number of aromatic nitrogens is 1. The van der Waals surface area contributed by atoms with E-state index >= 15 is 0 Å². The number of aliphatic hydroxyl groups is 1. The molecule has 2 fully saturated rings. The highest BCUT2D eigenvalue weighted by Gasteiger charge is 2.39. The average Bonchev–Trinajstić information content (AvgIpc) is 3.10. The first-order chi connectivity index (χ1) is 9.86. The van der Waals surface area contributed by atoms with E-state index in [9.17, 15) is 0 Å². The van der Waals surface area contributed by atoms with Gasteiger partial charge in [-0.2, -0.15) is 0 Å². The van der Waals surface area contributed by atoms with Crippen molar-refractivity contribution in [3.63, 3.8) is 0 Å². The zero-order chi connectivity index (χ0) is 13.8. The van der Waals surface area contributed by atoms with Crippen LogP contribution in [0, 0.1) is 11.8 Å². The molecular formula is C17H22N2O. The third-order valence-corrected chi connectivity index (χ3v) is 4.43. The van der Waals surface area contributed by atoms with Crippen molar-refractivity contribution in [3.8, 4) is 11.8 Å². The van der Waals surface area contributed by atoms with Gasteiger partial charge in [-0.15, -0.1) is 0 Å². The second-order valence-corrected chi connectivity index (χ2v) is 5.88. The van der Waals surface area contributed by atoms with Gasteiger partial charge in [-0.3, -0.25) is 4.98 Å². The Morgan fingerprint density at radius 3 is 3.00 bits per heavy atom. The smallest absolute Gasteiger partial charge is 0.0431 e. The van der Waals surface area contributed by atoms with E-state index in [2.05, 4.69) is 28.2 Å². The molecule has 0 spiro atoms. The first-order valence-corrected chi connectivity index (χ1v) is 7.67. The normalized spacial score (nSPS) is 27.4. The number of hydrogen-bond acceptors (Lipinski definition) is 3. The molecule has 0 saturated carbocycles. The van der Waals surface area contributed by atoms with E-state index in [-0.39, 0.29) is 6.61 Å². The van der Waals surface area contributed by atoms with Gasteiger partial charge in [0.1, 0.15) is 0 Å². The number of hydrogen-bond donors (Lipinski definition) is 2. The number of nitrogens with one attached hydrogen (secondary N) is 1. The summed E-state index contributed by atoms with van der Waals surface area (Å²) in [4.78, 5) is 4.36. The van der Waals surface area contributed by atoms with Crippen molar-refractivity contribution in [2.75, 3.05) is 6.61 Å². The van der Waals surface area contributed by atoms with Crippen molar-refractivity contribution in [1.82, 2.24) is 10.3 Å². The van der Waals surface area contributed by atoms with Gasteiger partial charge in [-0.05, 0) is 43.7 Å². The summed E-state index contributed by atoms with van der Waals surface area (Å²) in [6.45, 7) is 0.260. The van der Waals surface area contributed by atoms with Crippen molar-refractivity contribution in [2.24, 2.45) is 0 Å². The van der Waals surface area contributed by atoms with Crippen molar-refractivity contribution in [3.05, 3.63) is 29.6 Å². The molecule has 0 radical (unpaired) electrons. The predicted octanol–water partition coefficient (Wildman–Crippen LogP) is 2.20. The van der Waals surface area contributed by atoms with Crippen LogP contribution in [0.1, 0.15) is 55.6 Å². The van der Waals surface area contributed by atoms with E-state index in [1.807, 2.05) is 12.4 Å². The molecule has 3 nitrogen and oxygen atoms in total. The highest BCUT2D eigenvalue weighted by Crippen LogP contribution is 2.39. The molecule has 2 N–H and O–H groups in total. The predicted molar refractivity (Wildman–Crippen MR) is 79.4 cm³/mol. The molecule has 3 rings (SSSR count).